The first-order chi connectivity index (χ1) is 12.8. The molecule has 0 spiro atoms. The Balaban J connectivity index is 1.55. The molecule has 4 heteroatoms. The molecule has 1 aliphatic heterocycles. The van der Waals surface area contributed by atoms with Crippen LogP contribution in [0.5, 0.6) is 0 Å². The summed E-state index contributed by atoms with van der Waals surface area (Å²) in [4.78, 5) is 15.4. The van der Waals surface area contributed by atoms with Crippen LogP contribution >= 0.6 is 0 Å². The molecule has 0 aromatic heterocycles. The Kier molecular flexibility index (Phi) is 7.51. The number of hydrogen-bond acceptors (Lipinski definition) is 4. The molecule has 1 N–H and O–H groups in total. The summed E-state index contributed by atoms with van der Waals surface area (Å²) >= 11 is 0. The van der Waals surface area contributed by atoms with Crippen molar-refractivity contribution in [2.75, 3.05) is 13.2 Å². The van der Waals surface area contributed by atoms with Gasteiger partial charge in [-0.25, -0.2) is 0 Å². The highest BCUT2D eigenvalue weighted by Gasteiger charge is 2.36. The van der Waals surface area contributed by atoms with Crippen molar-refractivity contribution in [2.45, 2.75) is 77.0 Å². The van der Waals surface area contributed by atoms with Crippen molar-refractivity contribution in [3.05, 3.63) is 35.9 Å². The Labute approximate surface area is 158 Å². The normalized spacial score (nSPS) is 23.0. The topological polar surface area (TPSA) is 41.6 Å². The molecule has 0 radical (unpaired) electrons. The summed E-state index contributed by atoms with van der Waals surface area (Å²) in [6.45, 7) is 4.47. The highest BCUT2D eigenvalue weighted by molar-refractivity contribution is 5.73. The first kappa shape index (κ1) is 19.4. The standard InChI is InChI=1S/C22H34N2O2/c1-2-3-14-20(22(25)26-16-18-10-6-4-7-11-18)21-15-24(17-23-21)19-12-8-5-9-13-19/h4,6-7,10-11,19-21,23H,2-3,5,8-9,12-17H2,1H3. The number of unbranched alkanes of at least 4 members (excludes halogenated alkanes) is 1. The van der Waals surface area contributed by atoms with Crippen molar-refractivity contribution in [2.24, 2.45) is 5.92 Å². The van der Waals surface area contributed by atoms with Crippen LogP contribution in [-0.4, -0.2) is 36.2 Å². The number of carbonyl (C=O) groups excluding carboxylic acids is 1. The van der Waals surface area contributed by atoms with Crippen molar-refractivity contribution in [1.29, 1.82) is 0 Å². The van der Waals surface area contributed by atoms with Crippen LogP contribution < -0.4 is 5.32 Å². The van der Waals surface area contributed by atoms with Gasteiger partial charge in [0.05, 0.1) is 5.92 Å². The zero-order chi connectivity index (χ0) is 18.2. The van der Waals surface area contributed by atoms with Crippen LogP contribution in [0.3, 0.4) is 0 Å². The molecule has 144 valence electrons. The van der Waals surface area contributed by atoms with Gasteiger partial charge in [0.25, 0.3) is 0 Å². The lowest BCUT2D eigenvalue weighted by Gasteiger charge is -2.30. The molecule has 2 aliphatic rings. The predicted octanol–water partition coefficient (Wildman–Crippen LogP) is 4.10. The van der Waals surface area contributed by atoms with E-state index in [1.807, 2.05) is 30.3 Å². The SMILES string of the molecule is CCCCC(C(=O)OCc1ccccc1)C1CN(C2CCCCC2)CN1. The largest absolute Gasteiger partial charge is 0.461 e. The molecule has 2 atom stereocenters. The summed E-state index contributed by atoms with van der Waals surface area (Å²) in [7, 11) is 0. The zero-order valence-corrected chi connectivity index (χ0v) is 16.2. The zero-order valence-electron chi connectivity index (χ0n) is 16.2. The second kappa shape index (κ2) is 10.1. The Bertz CT molecular complexity index is 542. The van der Waals surface area contributed by atoms with E-state index in [0.717, 1.165) is 38.0 Å². The van der Waals surface area contributed by atoms with E-state index in [1.165, 1.54) is 32.1 Å². The summed E-state index contributed by atoms with van der Waals surface area (Å²) in [6.07, 6.45) is 9.81. The third-order valence-electron chi connectivity index (χ3n) is 5.96. The number of hydrogen-bond donors (Lipinski definition) is 1. The van der Waals surface area contributed by atoms with Crippen LogP contribution in [-0.2, 0) is 16.1 Å². The second-order valence-electron chi connectivity index (χ2n) is 7.87. The molecular weight excluding hydrogens is 324 g/mol. The Hall–Kier alpha value is -1.39. The average molecular weight is 359 g/mol. The van der Waals surface area contributed by atoms with Crippen LogP contribution in [0.1, 0.15) is 63.9 Å². The van der Waals surface area contributed by atoms with Gasteiger partial charge in [-0.3, -0.25) is 15.0 Å². The lowest BCUT2D eigenvalue weighted by molar-refractivity contribution is -0.151. The van der Waals surface area contributed by atoms with Crippen molar-refractivity contribution >= 4 is 5.97 Å². The van der Waals surface area contributed by atoms with Gasteiger partial charge in [-0.1, -0.05) is 69.4 Å². The van der Waals surface area contributed by atoms with E-state index in [1.54, 1.807) is 0 Å². The van der Waals surface area contributed by atoms with Crippen LogP contribution in [0.4, 0.5) is 0 Å². The molecule has 1 aliphatic carbocycles. The van der Waals surface area contributed by atoms with Crippen LogP contribution in [0, 0.1) is 5.92 Å². The Morgan fingerprint density at radius 1 is 1.23 bits per heavy atom. The minimum atomic E-state index is -0.0368. The fraction of sp³-hybridized carbons (Fsp3) is 0.682. The minimum absolute atomic E-state index is 0.0350. The number of rotatable bonds is 8. The van der Waals surface area contributed by atoms with Gasteiger partial charge in [0.15, 0.2) is 0 Å². The molecule has 1 aromatic rings. The molecule has 0 bridgehead atoms. The quantitative estimate of drug-likeness (QED) is 0.711. The highest BCUT2D eigenvalue weighted by Crippen LogP contribution is 2.27. The fourth-order valence-corrected chi connectivity index (χ4v) is 4.35. The second-order valence-corrected chi connectivity index (χ2v) is 7.87. The monoisotopic (exact) mass is 358 g/mol. The summed E-state index contributed by atoms with van der Waals surface area (Å²) in [6, 6.07) is 10.9. The van der Waals surface area contributed by atoms with Crippen molar-refractivity contribution in [1.82, 2.24) is 10.2 Å². The Morgan fingerprint density at radius 3 is 2.73 bits per heavy atom. The first-order valence-electron chi connectivity index (χ1n) is 10.5. The lowest BCUT2D eigenvalue weighted by atomic mass is 9.92. The van der Waals surface area contributed by atoms with Gasteiger partial charge in [0, 0.05) is 25.3 Å². The molecular formula is C22H34N2O2. The maximum absolute atomic E-state index is 12.8. The maximum atomic E-state index is 12.8. The van der Waals surface area contributed by atoms with Gasteiger partial charge in [-0.2, -0.15) is 0 Å². The molecule has 2 unspecified atom stereocenters. The minimum Gasteiger partial charge on any atom is -0.461 e. The molecule has 1 saturated carbocycles. The average Bonchev–Trinajstić information content (AvgIpc) is 3.18. The third-order valence-corrected chi connectivity index (χ3v) is 5.96. The van der Waals surface area contributed by atoms with Crippen LogP contribution in [0.15, 0.2) is 30.3 Å². The fourth-order valence-electron chi connectivity index (χ4n) is 4.35. The van der Waals surface area contributed by atoms with E-state index in [4.69, 9.17) is 4.74 Å². The van der Waals surface area contributed by atoms with Gasteiger partial charge >= 0.3 is 5.97 Å². The number of esters is 1. The lowest BCUT2D eigenvalue weighted by Crippen LogP contribution is -2.39. The highest BCUT2D eigenvalue weighted by atomic mass is 16.5. The molecule has 26 heavy (non-hydrogen) atoms. The van der Waals surface area contributed by atoms with Gasteiger partial charge < -0.3 is 4.74 Å². The molecule has 4 nitrogen and oxygen atoms in total. The predicted molar refractivity (Wildman–Crippen MR) is 105 cm³/mol. The molecule has 2 fully saturated rings. The van der Waals surface area contributed by atoms with Crippen molar-refractivity contribution < 1.29 is 9.53 Å². The molecule has 1 aromatic carbocycles. The number of nitrogens with one attached hydrogen (secondary N) is 1. The van der Waals surface area contributed by atoms with Crippen LogP contribution in [0.2, 0.25) is 0 Å². The number of nitrogens with zero attached hydrogens (tertiary/aromatic N) is 1. The van der Waals surface area contributed by atoms with Gasteiger partial charge in [0.1, 0.15) is 6.61 Å². The smallest absolute Gasteiger partial charge is 0.310 e. The summed E-state index contributed by atoms with van der Waals surface area (Å²) in [5.74, 6) is -0.0717. The van der Waals surface area contributed by atoms with Crippen LogP contribution in [0.25, 0.3) is 0 Å². The van der Waals surface area contributed by atoms with E-state index in [9.17, 15) is 4.79 Å². The van der Waals surface area contributed by atoms with E-state index in [-0.39, 0.29) is 17.9 Å². The summed E-state index contributed by atoms with van der Waals surface area (Å²) in [5, 5.41) is 3.62. The Morgan fingerprint density at radius 2 is 2.00 bits per heavy atom. The van der Waals surface area contributed by atoms with Gasteiger partial charge in [-0.05, 0) is 24.8 Å². The number of benzene rings is 1. The summed E-state index contributed by atoms with van der Waals surface area (Å²) < 4.78 is 5.68. The van der Waals surface area contributed by atoms with E-state index in [2.05, 4.69) is 17.1 Å². The third kappa shape index (κ3) is 5.31. The molecule has 0 amide bonds. The van der Waals surface area contributed by atoms with Gasteiger partial charge in [-0.15, -0.1) is 0 Å². The van der Waals surface area contributed by atoms with Gasteiger partial charge in [0.2, 0.25) is 0 Å². The van der Waals surface area contributed by atoms with E-state index >= 15 is 0 Å². The molecule has 3 rings (SSSR count). The number of carbonyl (C=O) groups is 1. The van der Waals surface area contributed by atoms with Crippen molar-refractivity contribution in [3.8, 4) is 0 Å². The van der Waals surface area contributed by atoms with E-state index in [0.29, 0.717) is 12.6 Å². The summed E-state index contributed by atoms with van der Waals surface area (Å²) in [5.41, 5.74) is 1.05. The van der Waals surface area contributed by atoms with E-state index < -0.39 is 0 Å². The first-order valence-corrected chi connectivity index (χ1v) is 10.5. The molecule has 1 heterocycles. The maximum Gasteiger partial charge on any atom is 0.310 e. The number of ether oxygens (including phenoxy) is 1. The van der Waals surface area contributed by atoms with Crippen molar-refractivity contribution in [3.63, 3.8) is 0 Å². The molecule has 1 saturated heterocycles.